The summed E-state index contributed by atoms with van der Waals surface area (Å²) >= 11 is 0. The average Bonchev–Trinajstić information content (AvgIpc) is 3.07. The first kappa shape index (κ1) is 19.5. The fourth-order valence-corrected chi connectivity index (χ4v) is 6.68. The number of aryl methyl sites for hydroxylation is 1. The minimum atomic E-state index is 0. The molecule has 4 aliphatic rings. The van der Waals surface area contributed by atoms with Crippen LogP contribution in [-0.4, -0.2) is 27.9 Å². The Labute approximate surface area is 171 Å². The summed E-state index contributed by atoms with van der Waals surface area (Å²) < 4.78 is 0. The third kappa shape index (κ3) is 3.17. The smallest absolute Gasteiger partial charge is 0.223 e. The number of nitrogens with zero attached hydrogens (tertiary/aromatic N) is 1. The quantitative estimate of drug-likeness (QED) is 0.653. The van der Waals surface area contributed by atoms with Crippen LogP contribution >= 0.6 is 0 Å². The summed E-state index contributed by atoms with van der Waals surface area (Å²) in [5.41, 5.74) is 4.28. The Hall–Kier alpha value is -1.77. The van der Waals surface area contributed by atoms with Crippen molar-refractivity contribution in [3.63, 3.8) is 0 Å². The molecule has 0 spiro atoms. The fourth-order valence-electron chi connectivity index (χ4n) is 6.68. The van der Waals surface area contributed by atoms with Crippen LogP contribution in [0.3, 0.4) is 0 Å². The normalized spacial score (nSPS) is 31.6. The molecule has 0 radical (unpaired) electrons. The Morgan fingerprint density at radius 1 is 1.25 bits per heavy atom. The van der Waals surface area contributed by atoms with E-state index in [1.807, 2.05) is 13.8 Å². The summed E-state index contributed by atoms with van der Waals surface area (Å²) in [4.78, 5) is 19.0. The van der Waals surface area contributed by atoms with Crippen molar-refractivity contribution >= 4 is 16.8 Å². The van der Waals surface area contributed by atoms with E-state index in [9.17, 15) is 4.79 Å². The molecule has 3 atom stereocenters. The van der Waals surface area contributed by atoms with Crippen LogP contribution < -0.4 is 0 Å². The Morgan fingerprint density at radius 3 is 2.57 bits per heavy atom. The van der Waals surface area contributed by atoms with Gasteiger partial charge in [0.1, 0.15) is 0 Å². The van der Waals surface area contributed by atoms with Gasteiger partial charge >= 0.3 is 0 Å². The molecule has 28 heavy (non-hydrogen) atoms. The van der Waals surface area contributed by atoms with Gasteiger partial charge < -0.3 is 9.88 Å². The number of benzene rings is 1. The summed E-state index contributed by atoms with van der Waals surface area (Å²) in [6, 6.07) is 7.40. The van der Waals surface area contributed by atoms with Gasteiger partial charge in [-0.05, 0) is 73.5 Å². The van der Waals surface area contributed by atoms with Gasteiger partial charge in [-0.15, -0.1) is 0 Å². The van der Waals surface area contributed by atoms with Crippen LogP contribution in [0, 0.1) is 18.3 Å². The van der Waals surface area contributed by atoms with Crippen molar-refractivity contribution in [3.8, 4) is 0 Å². The van der Waals surface area contributed by atoms with Gasteiger partial charge in [0.05, 0.1) is 0 Å². The highest BCUT2D eigenvalue weighted by molar-refractivity contribution is 5.88. The van der Waals surface area contributed by atoms with E-state index in [1.54, 1.807) is 0 Å². The minimum Gasteiger partial charge on any atom is -0.361 e. The summed E-state index contributed by atoms with van der Waals surface area (Å²) in [6.07, 6.45) is 9.10. The molecule has 1 aromatic heterocycles. The number of carbonyl (C=O) groups is 1. The zero-order chi connectivity index (χ0) is 20.1. The zero-order valence-electron chi connectivity index (χ0n) is 18.2. The molecule has 2 aliphatic carbocycles. The molecule has 2 saturated carbocycles. The lowest BCUT2D eigenvalue weighted by molar-refractivity contribution is -0.156. The number of hydrogen-bond donors (Lipinski definition) is 1. The van der Waals surface area contributed by atoms with Gasteiger partial charge in [0.2, 0.25) is 5.91 Å². The van der Waals surface area contributed by atoms with E-state index < -0.39 is 0 Å². The number of fused-ring (bicyclic) bond motifs is 1. The van der Waals surface area contributed by atoms with Crippen LogP contribution in [0.4, 0.5) is 0 Å². The van der Waals surface area contributed by atoms with Crippen LogP contribution in [0.25, 0.3) is 10.9 Å². The summed E-state index contributed by atoms with van der Waals surface area (Å²) in [5, 5.41) is 1.31. The van der Waals surface area contributed by atoms with Gasteiger partial charge in [-0.3, -0.25) is 4.79 Å². The van der Waals surface area contributed by atoms with Crippen LogP contribution in [0.15, 0.2) is 24.4 Å². The van der Waals surface area contributed by atoms with Gasteiger partial charge in [0, 0.05) is 37.0 Å². The van der Waals surface area contributed by atoms with Crippen LogP contribution in [0.5, 0.6) is 0 Å². The second-order valence-electron chi connectivity index (χ2n) is 9.72. The highest BCUT2D eigenvalue weighted by Crippen LogP contribution is 2.56. The maximum Gasteiger partial charge on any atom is 0.223 e. The molecule has 3 unspecified atom stereocenters. The van der Waals surface area contributed by atoms with E-state index >= 15 is 0 Å². The third-order valence-electron chi connectivity index (χ3n) is 7.48. The predicted molar refractivity (Wildman–Crippen MR) is 119 cm³/mol. The van der Waals surface area contributed by atoms with Crippen molar-refractivity contribution in [2.24, 2.45) is 11.3 Å². The SMILES string of the molecule is CC.Cc1cccc2[nH]cc(C(C)CC(=O)N3C4CC5CC3CC(C)(C5)C4)c12.[HH]. The Morgan fingerprint density at radius 2 is 1.93 bits per heavy atom. The molecule has 3 nitrogen and oxygen atoms in total. The second-order valence-corrected chi connectivity index (χ2v) is 9.72. The molecule has 3 heteroatoms. The lowest BCUT2D eigenvalue weighted by Gasteiger charge is -2.61. The van der Waals surface area contributed by atoms with E-state index in [0.29, 0.717) is 29.8 Å². The second kappa shape index (κ2) is 7.24. The topological polar surface area (TPSA) is 36.1 Å². The lowest BCUT2D eigenvalue weighted by Crippen LogP contribution is -2.62. The average molecular weight is 383 g/mol. The molecule has 6 rings (SSSR count). The van der Waals surface area contributed by atoms with Gasteiger partial charge in [-0.2, -0.15) is 0 Å². The molecule has 3 heterocycles. The number of hydrogen-bond acceptors (Lipinski definition) is 1. The lowest BCUT2D eigenvalue weighted by atomic mass is 9.56. The summed E-state index contributed by atoms with van der Waals surface area (Å²) in [7, 11) is 0. The van der Waals surface area contributed by atoms with E-state index in [2.05, 4.69) is 55.1 Å². The monoisotopic (exact) mass is 382 g/mol. The van der Waals surface area contributed by atoms with Crippen molar-refractivity contribution in [2.75, 3.05) is 0 Å². The third-order valence-corrected chi connectivity index (χ3v) is 7.48. The van der Waals surface area contributed by atoms with Crippen LogP contribution in [0.1, 0.15) is 84.7 Å². The van der Waals surface area contributed by atoms with Gasteiger partial charge in [0.25, 0.3) is 0 Å². The van der Waals surface area contributed by atoms with E-state index in [4.69, 9.17) is 0 Å². The molecule has 1 aromatic carbocycles. The highest BCUT2D eigenvalue weighted by atomic mass is 16.2. The molecular formula is C25H38N2O. The zero-order valence-corrected chi connectivity index (χ0v) is 18.2. The van der Waals surface area contributed by atoms with Crippen molar-refractivity contribution in [2.45, 2.75) is 91.1 Å². The Balaban J connectivity index is 0.000000778. The van der Waals surface area contributed by atoms with Gasteiger partial charge in [-0.25, -0.2) is 0 Å². The predicted octanol–water partition coefficient (Wildman–Crippen LogP) is 6.42. The first-order valence-electron chi connectivity index (χ1n) is 11.3. The van der Waals surface area contributed by atoms with Gasteiger partial charge in [-0.1, -0.05) is 39.8 Å². The van der Waals surface area contributed by atoms with Crippen molar-refractivity contribution in [1.82, 2.24) is 9.88 Å². The Bertz CT molecular complexity index is 857. The highest BCUT2D eigenvalue weighted by Gasteiger charge is 2.53. The molecule has 154 valence electrons. The summed E-state index contributed by atoms with van der Waals surface area (Å²) in [5.74, 6) is 1.51. The van der Waals surface area contributed by atoms with Crippen LogP contribution in [-0.2, 0) is 4.79 Å². The first-order chi connectivity index (χ1) is 13.4. The maximum atomic E-state index is 13.3. The van der Waals surface area contributed by atoms with E-state index in [-0.39, 0.29) is 7.34 Å². The van der Waals surface area contributed by atoms with E-state index in [0.717, 1.165) is 5.92 Å². The largest absolute Gasteiger partial charge is 0.361 e. The summed E-state index contributed by atoms with van der Waals surface area (Å²) in [6.45, 7) is 10.8. The number of amides is 1. The number of carbonyl (C=O) groups excluding carboxylic acids is 1. The molecule has 2 aromatic rings. The Kier molecular flexibility index (Phi) is 5.05. The maximum absolute atomic E-state index is 13.3. The fraction of sp³-hybridized carbons (Fsp3) is 0.640. The number of piperidine rings is 2. The van der Waals surface area contributed by atoms with E-state index in [1.165, 1.54) is 54.1 Å². The standard InChI is InChI=1S/C23H30N2O.C2H6.H2/c1-14-5-4-6-20-22(14)19(13-24-20)15(2)7-21(26)25-17-8-16-9-18(25)12-23(3,10-16)11-17;1-2;/h4-6,13,15-18,24H,7-12H2,1-3H3;1-2H3;1H. The first-order valence-corrected chi connectivity index (χ1v) is 11.3. The number of H-pyrrole nitrogens is 1. The number of aromatic nitrogens is 1. The van der Waals surface area contributed by atoms with Crippen molar-refractivity contribution in [1.29, 1.82) is 0 Å². The van der Waals surface area contributed by atoms with Crippen LogP contribution in [0.2, 0.25) is 0 Å². The molecule has 4 fully saturated rings. The molecule has 2 aliphatic heterocycles. The minimum absolute atomic E-state index is 0. The molecule has 1 N–H and O–H groups in total. The number of aromatic amines is 1. The molecule has 1 amide bonds. The van der Waals surface area contributed by atoms with Crippen molar-refractivity contribution < 1.29 is 6.22 Å². The molecule has 2 saturated heterocycles. The number of rotatable bonds is 3. The number of nitrogens with one attached hydrogen (secondary N) is 1. The van der Waals surface area contributed by atoms with Crippen molar-refractivity contribution in [3.05, 3.63) is 35.5 Å². The molecule has 4 bridgehead atoms. The van der Waals surface area contributed by atoms with Gasteiger partial charge in [0.15, 0.2) is 0 Å². The molecular weight excluding hydrogens is 344 g/mol.